The van der Waals surface area contributed by atoms with Crippen molar-refractivity contribution in [3.8, 4) is 0 Å². The molecule has 20 heavy (non-hydrogen) atoms. The number of aromatic nitrogens is 2. The molecule has 2 rings (SSSR count). The normalized spacial score (nSPS) is 17.4. The molecule has 0 bridgehead atoms. The van der Waals surface area contributed by atoms with Gasteiger partial charge >= 0.3 is 6.18 Å². The van der Waals surface area contributed by atoms with Crippen LogP contribution in [0.2, 0.25) is 0 Å². The van der Waals surface area contributed by atoms with Gasteiger partial charge in [-0.05, 0) is 19.3 Å². The summed E-state index contributed by atoms with van der Waals surface area (Å²) in [4.78, 5) is 6.73. The third kappa shape index (κ3) is 3.10. The molecule has 1 aromatic rings. The van der Waals surface area contributed by atoms with E-state index in [2.05, 4.69) is 20.7 Å². The number of methoxy groups -OCH3 is 1. The molecule has 1 saturated carbocycles. The van der Waals surface area contributed by atoms with E-state index >= 15 is 0 Å². The van der Waals surface area contributed by atoms with Crippen LogP contribution in [-0.4, -0.2) is 29.2 Å². The Morgan fingerprint density at radius 1 is 1.35 bits per heavy atom. The zero-order valence-corrected chi connectivity index (χ0v) is 10.9. The highest BCUT2D eigenvalue weighted by molar-refractivity contribution is 5.47. The third-order valence-corrected chi connectivity index (χ3v) is 3.42. The monoisotopic (exact) mass is 291 g/mol. The molecule has 0 radical (unpaired) electrons. The molecule has 112 valence electrons. The number of hydrazine groups is 1. The lowest BCUT2D eigenvalue weighted by molar-refractivity contribution is -0.144. The number of nitrogen functional groups attached to an aromatic ring is 1. The van der Waals surface area contributed by atoms with Crippen molar-refractivity contribution < 1.29 is 17.9 Å². The zero-order chi connectivity index (χ0) is 14.8. The van der Waals surface area contributed by atoms with E-state index in [0.29, 0.717) is 6.54 Å². The lowest BCUT2D eigenvalue weighted by Gasteiger charge is -2.40. The molecular formula is C11H16F3N5O. The van der Waals surface area contributed by atoms with Crippen molar-refractivity contribution in [2.75, 3.05) is 24.4 Å². The molecule has 1 aliphatic rings. The van der Waals surface area contributed by atoms with Crippen molar-refractivity contribution in [3.63, 3.8) is 0 Å². The fourth-order valence-electron chi connectivity index (χ4n) is 2.01. The van der Waals surface area contributed by atoms with Crippen molar-refractivity contribution in [2.24, 2.45) is 5.84 Å². The molecule has 9 heteroatoms. The van der Waals surface area contributed by atoms with Gasteiger partial charge in [-0.15, -0.1) is 0 Å². The van der Waals surface area contributed by atoms with Crippen LogP contribution in [0.3, 0.4) is 0 Å². The first-order chi connectivity index (χ1) is 9.38. The second-order valence-electron chi connectivity index (χ2n) is 4.70. The summed E-state index contributed by atoms with van der Waals surface area (Å²) in [5.41, 5.74) is 1.78. The van der Waals surface area contributed by atoms with Gasteiger partial charge in [-0.25, -0.2) is 15.8 Å². The molecule has 0 spiro atoms. The SMILES string of the molecule is COC1(CNc2cc(NN)nc(C(F)(F)F)n2)CCC1. The number of hydrogen-bond donors (Lipinski definition) is 3. The predicted molar refractivity (Wildman–Crippen MR) is 66.9 cm³/mol. The molecular weight excluding hydrogens is 275 g/mol. The Kier molecular flexibility index (Phi) is 4.00. The average molecular weight is 291 g/mol. The second-order valence-corrected chi connectivity index (χ2v) is 4.70. The summed E-state index contributed by atoms with van der Waals surface area (Å²) in [5.74, 6) is 3.83. The van der Waals surface area contributed by atoms with Crippen LogP contribution in [0.25, 0.3) is 0 Å². The second kappa shape index (κ2) is 5.41. The van der Waals surface area contributed by atoms with Crippen LogP contribution in [0, 0.1) is 0 Å². The number of anilines is 2. The van der Waals surface area contributed by atoms with Crippen LogP contribution >= 0.6 is 0 Å². The van der Waals surface area contributed by atoms with Gasteiger partial charge in [-0.3, -0.25) is 0 Å². The summed E-state index contributed by atoms with van der Waals surface area (Å²) in [6, 6.07) is 1.32. The molecule has 0 unspecified atom stereocenters. The molecule has 1 fully saturated rings. The summed E-state index contributed by atoms with van der Waals surface area (Å²) < 4.78 is 43.3. The van der Waals surface area contributed by atoms with E-state index in [1.54, 1.807) is 7.11 Å². The van der Waals surface area contributed by atoms with Gasteiger partial charge in [0.1, 0.15) is 11.6 Å². The van der Waals surface area contributed by atoms with Crippen LogP contribution in [0.5, 0.6) is 0 Å². The summed E-state index contributed by atoms with van der Waals surface area (Å²) >= 11 is 0. The highest BCUT2D eigenvalue weighted by Gasteiger charge is 2.38. The van der Waals surface area contributed by atoms with Crippen LogP contribution in [-0.2, 0) is 10.9 Å². The van der Waals surface area contributed by atoms with Crippen LogP contribution in [0.15, 0.2) is 6.07 Å². The van der Waals surface area contributed by atoms with E-state index in [9.17, 15) is 13.2 Å². The summed E-state index contributed by atoms with van der Waals surface area (Å²) in [5, 5.41) is 2.85. The Morgan fingerprint density at radius 3 is 2.45 bits per heavy atom. The van der Waals surface area contributed by atoms with E-state index in [1.807, 2.05) is 0 Å². The molecule has 1 heterocycles. The minimum absolute atomic E-state index is 0.0589. The predicted octanol–water partition coefficient (Wildman–Crippen LogP) is 1.76. The summed E-state index contributed by atoms with van der Waals surface area (Å²) in [6.45, 7) is 0.391. The first-order valence-corrected chi connectivity index (χ1v) is 6.10. The number of hydrogen-bond acceptors (Lipinski definition) is 6. The topological polar surface area (TPSA) is 85.1 Å². The van der Waals surface area contributed by atoms with E-state index in [-0.39, 0.29) is 17.2 Å². The molecule has 1 aliphatic carbocycles. The van der Waals surface area contributed by atoms with Crippen molar-refractivity contribution in [1.29, 1.82) is 0 Å². The number of nitrogens with one attached hydrogen (secondary N) is 2. The Hall–Kier alpha value is -1.61. The smallest absolute Gasteiger partial charge is 0.376 e. The van der Waals surface area contributed by atoms with E-state index in [4.69, 9.17) is 10.6 Å². The summed E-state index contributed by atoms with van der Waals surface area (Å²) in [6.07, 6.45) is -1.84. The van der Waals surface area contributed by atoms with Crippen LogP contribution in [0.1, 0.15) is 25.1 Å². The minimum atomic E-state index is -4.63. The average Bonchev–Trinajstić information content (AvgIpc) is 2.36. The van der Waals surface area contributed by atoms with Gasteiger partial charge in [0.05, 0.1) is 5.60 Å². The van der Waals surface area contributed by atoms with Gasteiger partial charge in [0.15, 0.2) is 0 Å². The van der Waals surface area contributed by atoms with Gasteiger partial charge in [0.25, 0.3) is 0 Å². The fourth-order valence-corrected chi connectivity index (χ4v) is 2.01. The molecule has 6 nitrogen and oxygen atoms in total. The largest absolute Gasteiger partial charge is 0.451 e. The lowest BCUT2D eigenvalue weighted by Crippen LogP contribution is -2.45. The van der Waals surface area contributed by atoms with E-state index in [0.717, 1.165) is 19.3 Å². The Labute approximate surface area is 113 Å². The maximum Gasteiger partial charge on any atom is 0.451 e. The van der Waals surface area contributed by atoms with Gasteiger partial charge in [-0.1, -0.05) is 0 Å². The molecule has 1 aromatic heterocycles. The third-order valence-electron chi connectivity index (χ3n) is 3.42. The number of alkyl halides is 3. The first kappa shape index (κ1) is 14.8. The number of rotatable bonds is 5. The number of halogens is 3. The van der Waals surface area contributed by atoms with Gasteiger partial charge in [0.2, 0.25) is 5.82 Å². The highest BCUT2D eigenvalue weighted by Crippen LogP contribution is 2.35. The quantitative estimate of drug-likeness (QED) is 0.566. The maximum atomic E-state index is 12.7. The Balaban J connectivity index is 2.14. The number of ether oxygens (including phenoxy) is 1. The first-order valence-electron chi connectivity index (χ1n) is 6.10. The maximum absolute atomic E-state index is 12.7. The molecule has 0 saturated heterocycles. The molecule has 4 N–H and O–H groups in total. The van der Waals surface area contributed by atoms with Crippen LogP contribution in [0.4, 0.5) is 24.8 Å². The van der Waals surface area contributed by atoms with Crippen molar-refractivity contribution >= 4 is 11.6 Å². The zero-order valence-electron chi connectivity index (χ0n) is 10.9. The van der Waals surface area contributed by atoms with Crippen molar-refractivity contribution in [1.82, 2.24) is 9.97 Å². The van der Waals surface area contributed by atoms with Gasteiger partial charge in [0, 0.05) is 19.7 Å². The van der Waals surface area contributed by atoms with E-state index < -0.39 is 12.0 Å². The molecule has 0 atom stereocenters. The fraction of sp³-hybridized carbons (Fsp3) is 0.636. The Morgan fingerprint density at radius 2 is 2.00 bits per heavy atom. The van der Waals surface area contributed by atoms with Crippen LogP contribution < -0.4 is 16.6 Å². The van der Waals surface area contributed by atoms with Crippen molar-refractivity contribution in [2.45, 2.75) is 31.0 Å². The molecule has 0 aliphatic heterocycles. The van der Waals surface area contributed by atoms with Gasteiger partial charge in [-0.2, -0.15) is 13.2 Å². The van der Waals surface area contributed by atoms with Gasteiger partial charge < -0.3 is 15.5 Å². The molecule has 0 amide bonds. The minimum Gasteiger partial charge on any atom is -0.376 e. The number of nitrogens with two attached hydrogens (primary N) is 1. The Bertz CT molecular complexity index is 470. The standard InChI is InChI=1S/C11H16F3N5O/c1-20-10(3-2-4-10)6-16-7-5-8(19-15)18-9(17-7)11(12,13)14/h5H,2-4,6,15H2,1H3,(H2,16,17,18,19). The van der Waals surface area contributed by atoms with Crippen molar-refractivity contribution in [3.05, 3.63) is 11.9 Å². The summed E-state index contributed by atoms with van der Waals surface area (Å²) in [7, 11) is 1.59. The van der Waals surface area contributed by atoms with E-state index in [1.165, 1.54) is 6.07 Å². The lowest BCUT2D eigenvalue weighted by atomic mass is 9.80. The highest BCUT2D eigenvalue weighted by atomic mass is 19.4. The number of nitrogens with zero attached hydrogens (tertiary/aromatic N) is 2. The molecule has 0 aromatic carbocycles.